The average Bonchev–Trinajstić information content (AvgIpc) is 1.85. The minimum Gasteiger partial charge on any atom is -0.106 e. The van der Waals surface area contributed by atoms with Gasteiger partial charge in [0.15, 0.2) is 0 Å². The molecule has 0 amide bonds. The normalized spacial score (nSPS) is 12.6. The van der Waals surface area contributed by atoms with Crippen LogP contribution in [-0.2, 0) is 0 Å². The molecule has 0 saturated carbocycles. The Labute approximate surface area is 76.1 Å². The summed E-state index contributed by atoms with van der Waals surface area (Å²) in [7, 11) is 0.875. The van der Waals surface area contributed by atoms with Gasteiger partial charge >= 0.3 is 0 Å². The first kappa shape index (κ1) is 10.8. The third-order valence-corrected chi connectivity index (χ3v) is 4.37. The molecule has 0 bridgehead atoms. The van der Waals surface area contributed by atoms with Crippen molar-refractivity contribution in [3.63, 3.8) is 0 Å². The molecule has 0 saturated heterocycles. The van der Waals surface area contributed by atoms with E-state index in [0.29, 0.717) is 5.04 Å². The SMILES string of the molecule is CCC(C)(C)[Si]CC(Cl)Cl. The summed E-state index contributed by atoms with van der Waals surface area (Å²) in [6, 6.07) is 0.934. The fraction of sp³-hybridized carbons (Fsp3) is 1.00. The topological polar surface area (TPSA) is 0 Å². The Morgan fingerprint density at radius 2 is 1.90 bits per heavy atom. The number of hydrogen-bond donors (Lipinski definition) is 0. The van der Waals surface area contributed by atoms with E-state index >= 15 is 0 Å². The second-order valence-electron chi connectivity index (χ2n) is 3.01. The van der Waals surface area contributed by atoms with E-state index < -0.39 is 0 Å². The molecule has 0 atom stereocenters. The summed E-state index contributed by atoms with van der Waals surface area (Å²) in [5.41, 5.74) is 0. The molecule has 0 aliphatic heterocycles. The minimum atomic E-state index is -0.177. The summed E-state index contributed by atoms with van der Waals surface area (Å²) in [6.07, 6.45) is 1.20. The molecule has 0 aromatic heterocycles. The molecule has 0 heterocycles. The summed E-state index contributed by atoms with van der Waals surface area (Å²) >= 11 is 11.2. The van der Waals surface area contributed by atoms with Crippen LogP contribution in [-0.4, -0.2) is 14.4 Å². The van der Waals surface area contributed by atoms with Crippen molar-refractivity contribution in [2.75, 3.05) is 0 Å². The van der Waals surface area contributed by atoms with E-state index in [4.69, 9.17) is 23.2 Å². The number of rotatable bonds is 4. The van der Waals surface area contributed by atoms with Gasteiger partial charge in [-0.25, -0.2) is 0 Å². The Morgan fingerprint density at radius 3 is 2.20 bits per heavy atom. The Kier molecular flexibility index (Phi) is 5.00. The first-order chi connectivity index (χ1) is 4.48. The number of alkyl halides is 2. The van der Waals surface area contributed by atoms with E-state index in [0.717, 1.165) is 15.6 Å². The van der Waals surface area contributed by atoms with Gasteiger partial charge in [0.25, 0.3) is 0 Å². The van der Waals surface area contributed by atoms with E-state index in [9.17, 15) is 0 Å². The molecule has 0 rings (SSSR count). The first-order valence-electron chi connectivity index (χ1n) is 3.51. The van der Waals surface area contributed by atoms with Gasteiger partial charge in [-0.15, -0.1) is 23.2 Å². The Hall–Kier alpha value is 0.797. The molecule has 0 fully saturated rings. The van der Waals surface area contributed by atoms with Crippen LogP contribution in [0.2, 0.25) is 11.1 Å². The van der Waals surface area contributed by atoms with Crippen LogP contribution in [0.3, 0.4) is 0 Å². The van der Waals surface area contributed by atoms with Gasteiger partial charge in [0.1, 0.15) is 4.84 Å². The molecule has 0 aliphatic carbocycles. The molecule has 0 aromatic rings. The van der Waals surface area contributed by atoms with Crippen molar-refractivity contribution in [1.29, 1.82) is 0 Å². The summed E-state index contributed by atoms with van der Waals surface area (Å²) in [4.78, 5) is -0.177. The molecule has 10 heavy (non-hydrogen) atoms. The summed E-state index contributed by atoms with van der Waals surface area (Å²) in [5, 5.41) is 0.433. The average molecular weight is 197 g/mol. The lowest BCUT2D eigenvalue weighted by molar-refractivity contribution is 0.641. The van der Waals surface area contributed by atoms with E-state index in [2.05, 4.69) is 20.8 Å². The van der Waals surface area contributed by atoms with Gasteiger partial charge in [0, 0.05) is 9.52 Å². The quantitative estimate of drug-likeness (QED) is 0.477. The monoisotopic (exact) mass is 196 g/mol. The minimum absolute atomic E-state index is 0.177. The second kappa shape index (κ2) is 4.63. The van der Waals surface area contributed by atoms with Gasteiger partial charge in [0.05, 0.1) is 0 Å². The highest BCUT2D eigenvalue weighted by molar-refractivity contribution is 6.51. The fourth-order valence-corrected chi connectivity index (χ4v) is 1.90. The lowest BCUT2D eigenvalue weighted by Gasteiger charge is -2.21. The Bertz CT molecular complexity index is 91.6. The van der Waals surface area contributed by atoms with Gasteiger partial charge in [-0.2, -0.15) is 0 Å². The van der Waals surface area contributed by atoms with Gasteiger partial charge in [-0.3, -0.25) is 0 Å². The zero-order chi connectivity index (χ0) is 8.20. The van der Waals surface area contributed by atoms with E-state index in [-0.39, 0.29) is 4.84 Å². The number of halogens is 2. The van der Waals surface area contributed by atoms with Gasteiger partial charge in [-0.05, 0) is 11.1 Å². The standard InChI is InChI=1S/C7H14Cl2Si/c1-4-7(2,3)10-5-6(8)9/h6H,4-5H2,1-3H3. The molecular weight excluding hydrogens is 183 g/mol. The van der Waals surface area contributed by atoms with Crippen LogP contribution < -0.4 is 0 Å². The highest BCUT2D eigenvalue weighted by Crippen LogP contribution is 2.29. The van der Waals surface area contributed by atoms with Gasteiger partial charge in [0.2, 0.25) is 0 Å². The lowest BCUT2D eigenvalue weighted by atomic mass is 10.1. The van der Waals surface area contributed by atoms with Gasteiger partial charge in [-0.1, -0.05) is 27.2 Å². The Balaban J connectivity index is 3.46. The predicted octanol–water partition coefficient (Wildman–Crippen LogP) is 3.52. The van der Waals surface area contributed by atoms with Crippen LogP contribution in [0.15, 0.2) is 0 Å². The zero-order valence-electron chi connectivity index (χ0n) is 6.75. The molecule has 0 spiro atoms. The van der Waals surface area contributed by atoms with Crippen LogP contribution in [0.5, 0.6) is 0 Å². The Morgan fingerprint density at radius 1 is 1.40 bits per heavy atom. The molecule has 2 radical (unpaired) electrons. The van der Waals surface area contributed by atoms with Crippen molar-refractivity contribution in [3.8, 4) is 0 Å². The zero-order valence-corrected chi connectivity index (χ0v) is 9.26. The highest BCUT2D eigenvalue weighted by atomic mass is 35.5. The van der Waals surface area contributed by atoms with E-state index in [1.54, 1.807) is 0 Å². The van der Waals surface area contributed by atoms with E-state index in [1.807, 2.05) is 0 Å². The lowest BCUT2D eigenvalue weighted by Crippen LogP contribution is -2.13. The maximum atomic E-state index is 5.61. The molecule has 0 aromatic carbocycles. The van der Waals surface area contributed by atoms with E-state index in [1.165, 1.54) is 6.42 Å². The van der Waals surface area contributed by atoms with Crippen molar-refractivity contribution >= 4 is 32.7 Å². The highest BCUT2D eigenvalue weighted by Gasteiger charge is 2.16. The molecule has 0 nitrogen and oxygen atoms in total. The smallest absolute Gasteiger partial charge is 0.105 e. The predicted molar refractivity (Wildman–Crippen MR) is 50.4 cm³/mol. The van der Waals surface area contributed by atoms with Crippen molar-refractivity contribution < 1.29 is 0 Å². The molecule has 0 aliphatic rings. The van der Waals surface area contributed by atoms with Crippen LogP contribution in [0, 0.1) is 0 Å². The largest absolute Gasteiger partial charge is 0.106 e. The molecular formula is C7H14Cl2Si. The molecule has 0 unspecified atom stereocenters. The third-order valence-electron chi connectivity index (χ3n) is 1.62. The van der Waals surface area contributed by atoms with Crippen molar-refractivity contribution in [1.82, 2.24) is 0 Å². The number of hydrogen-bond acceptors (Lipinski definition) is 0. The van der Waals surface area contributed by atoms with Crippen LogP contribution >= 0.6 is 23.2 Å². The third kappa shape index (κ3) is 5.57. The summed E-state index contributed by atoms with van der Waals surface area (Å²) < 4.78 is 0. The van der Waals surface area contributed by atoms with Crippen LogP contribution in [0.4, 0.5) is 0 Å². The molecule has 0 N–H and O–H groups in total. The van der Waals surface area contributed by atoms with Crippen LogP contribution in [0.1, 0.15) is 27.2 Å². The van der Waals surface area contributed by atoms with Crippen molar-refractivity contribution in [2.24, 2.45) is 0 Å². The second-order valence-corrected chi connectivity index (χ2v) is 6.40. The maximum Gasteiger partial charge on any atom is 0.105 e. The van der Waals surface area contributed by atoms with Crippen LogP contribution in [0.25, 0.3) is 0 Å². The maximum absolute atomic E-state index is 5.61. The molecule has 3 heteroatoms. The van der Waals surface area contributed by atoms with Gasteiger partial charge < -0.3 is 0 Å². The fourth-order valence-electron chi connectivity index (χ4n) is 0.478. The molecule has 60 valence electrons. The summed E-state index contributed by atoms with van der Waals surface area (Å²) in [5.74, 6) is 0. The van der Waals surface area contributed by atoms with Crippen molar-refractivity contribution in [2.45, 2.75) is 43.1 Å². The van der Waals surface area contributed by atoms with Crippen molar-refractivity contribution in [3.05, 3.63) is 0 Å². The summed E-state index contributed by atoms with van der Waals surface area (Å²) in [6.45, 7) is 6.70. The first-order valence-corrected chi connectivity index (χ1v) is 5.59.